The van der Waals surface area contributed by atoms with Gasteiger partial charge in [-0.3, -0.25) is 19.5 Å². The predicted octanol–water partition coefficient (Wildman–Crippen LogP) is 0.200. The van der Waals surface area contributed by atoms with Crippen LogP contribution >= 0.6 is 0 Å². The number of carboxylic acids is 1. The molecule has 0 radical (unpaired) electrons. The molecule has 2 heterocycles. The van der Waals surface area contributed by atoms with Crippen LogP contribution in [-0.2, 0) is 16.1 Å². The van der Waals surface area contributed by atoms with E-state index >= 15 is 0 Å². The summed E-state index contributed by atoms with van der Waals surface area (Å²) in [5, 5.41) is 8.60. The van der Waals surface area contributed by atoms with Crippen molar-refractivity contribution in [3.05, 3.63) is 30.1 Å². The van der Waals surface area contributed by atoms with E-state index in [-0.39, 0.29) is 5.91 Å². The summed E-state index contributed by atoms with van der Waals surface area (Å²) in [6, 6.07) is 3.93. The van der Waals surface area contributed by atoms with Crippen LogP contribution in [0.5, 0.6) is 0 Å². The van der Waals surface area contributed by atoms with Gasteiger partial charge in [0.15, 0.2) is 0 Å². The normalized spacial score (nSPS) is 16.3. The summed E-state index contributed by atoms with van der Waals surface area (Å²) in [7, 11) is 0. The average Bonchev–Trinajstić information content (AvgIpc) is 2.40. The van der Waals surface area contributed by atoms with Gasteiger partial charge in [-0.15, -0.1) is 0 Å². The lowest BCUT2D eigenvalue weighted by Crippen LogP contribution is -2.48. The van der Waals surface area contributed by atoms with Gasteiger partial charge in [0, 0.05) is 45.1 Å². The fraction of sp³-hybridized carbons (Fsp3) is 0.462. The number of carbonyl (C=O) groups is 2. The Morgan fingerprint density at radius 3 is 2.58 bits per heavy atom. The van der Waals surface area contributed by atoms with E-state index < -0.39 is 12.4 Å². The number of piperazine rings is 1. The molecular formula is C13H17N3O3. The molecule has 2 rings (SSSR count). The van der Waals surface area contributed by atoms with Crippen molar-refractivity contribution in [2.75, 3.05) is 26.2 Å². The number of hydrogen-bond acceptors (Lipinski definition) is 4. The Bertz CT molecular complexity index is 442. The molecule has 1 aromatic rings. The maximum Gasteiger partial charge on any atom is 0.312 e. The number of aromatic nitrogens is 1. The van der Waals surface area contributed by atoms with E-state index in [2.05, 4.69) is 9.88 Å². The summed E-state index contributed by atoms with van der Waals surface area (Å²) < 4.78 is 0. The molecule has 102 valence electrons. The highest BCUT2D eigenvalue weighted by Gasteiger charge is 2.22. The summed E-state index contributed by atoms with van der Waals surface area (Å²) >= 11 is 0. The molecule has 0 spiro atoms. The van der Waals surface area contributed by atoms with Crippen molar-refractivity contribution in [2.24, 2.45) is 0 Å². The number of amides is 1. The van der Waals surface area contributed by atoms with E-state index in [1.54, 1.807) is 11.1 Å². The molecule has 6 nitrogen and oxygen atoms in total. The van der Waals surface area contributed by atoms with Crippen LogP contribution in [0.15, 0.2) is 24.5 Å². The Balaban J connectivity index is 1.79. The van der Waals surface area contributed by atoms with E-state index in [1.807, 2.05) is 18.3 Å². The number of aliphatic carboxylic acids is 1. The maximum atomic E-state index is 11.6. The molecule has 1 saturated heterocycles. The topological polar surface area (TPSA) is 73.7 Å². The van der Waals surface area contributed by atoms with Gasteiger partial charge < -0.3 is 10.0 Å². The van der Waals surface area contributed by atoms with E-state index in [4.69, 9.17) is 5.11 Å². The maximum absolute atomic E-state index is 11.6. The lowest BCUT2D eigenvalue weighted by molar-refractivity contribution is -0.145. The third-order valence-electron chi connectivity index (χ3n) is 3.16. The smallest absolute Gasteiger partial charge is 0.312 e. The number of carbonyl (C=O) groups excluding carboxylic acids is 1. The molecule has 1 amide bonds. The Kier molecular flexibility index (Phi) is 4.46. The highest BCUT2D eigenvalue weighted by atomic mass is 16.4. The second-order valence-corrected chi connectivity index (χ2v) is 4.59. The molecule has 0 bridgehead atoms. The lowest BCUT2D eigenvalue weighted by atomic mass is 10.2. The first-order chi connectivity index (χ1) is 9.15. The number of hydrogen-bond donors (Lipinski definition) is 1. The van der Waals surface area contributed by atoms with Gasteiger partial charge in [0.25, 0.3) is 0 Å². The second kappa shape index (κ2) is 6.29. The Morgan fingerprint density at radius 2 is 2.00 bits per heavy atom. The third-order valence-corrected chi connectivity index (χ3v) is 3.16. The van der Waals surface area contributed by atoms with E-state index in [1.165, 1.54) is 0 Å². The van der Waals surface area contributed by atoms with E-state index in [0.29, 0.717) is 13.1 Å². The van der Waals surface area contributed by atoms with Crippen molar-refractivity contribution in [1.82, 2.24) is 14.8 Å². The van der Waals surface area contributed by atoms with Crippen molar-refractivity contribution in [1.29, 1.82) is 0 Å². The molecule has 1 fully saturated rings. The van der Waals surface area contributed by atoms with Crippen LogP contribution < -0.4 is 0 Å². The van der Waals surface area contributed by atoms with Gasteiger partial charge in [0.1, 0.15) is 6.42 Å². The minimum atomic E-state index is -1.07. The summed E-state index contributed by atoms with van der Waals surface area (Å²) in [5.41, 5.74) is 1.15. The molecule has 0 saturated carbocycles. The minimum absolute atomic E-state index is 0.298. The zero-order valence-corrected chi connectivity index (χ0v) is 10.7. The average molecular weight is 263 g/mol. The highest BCUT2D eigenvalue weighted by molar-refractivity contribution is 5.93. The molecule has 1 aliphatic heterocycles. The summed E-state index contributed by atoms with van der Waals surface area (Å²) in [6.07, 6.45) is 3.16. The van der Waals surface area contributed by atoms with Crippen molar-refractivity contribution in [2.45, 2.75) is 13.0 Å². The molecular weight excluding hydrogens is 246 g/mol. The van der Waals surface area contributed by atoms with Crippen molar-refractivity contribution in [3.63, 3.8) is 0 Å². The highest BCUT2D eigenvalue weighted by Crippen LogP contribution is 2.08. The summed E-state index contributed by atoms with van der Waals surface area (Å²) in [5.74, 6) is -1.36. The van der Waals surface area contributed by atoms with Crippen LogP contribution in [0.4, 0.5) is 0 Å². The van der Waals surface area contributed by atoms with Gasteiger partial charge in [0.05, 0.1) is 0 Å². The first-order valence-electron chi connectivity index (χ1n) is 6.26. The molecule has 1 N–H and O–H groups in total. The van der Waals surface area contributed by atoms with Gasteiger partial charge in [-0.25, -0.2) is 0 Å². The number of carboxylic acid groups (broad SMARTS) is 1. The molecule has 19 heavy (non-hydrogen) atoms. The van der Waals surface area contributed by atoms with Gasteiger partial charge in [-0.2, -0.15) is 0 Å². The fourth-order valence-corrected chi connectivity index (χ4v) is 2.15. The SMILES string of the molecule is O=C(O)CC(=O)N1CCN(Cc2cccnc2)CC1. The Morgan fingerprint density at radius 1 is 1.26 bits per heavy atom. The van der Waals surface area contributed by atoms with Crippen molar-refractivity contribution in [3.8, 4) is 0 Å². The summed E-state index contributed by atoms with van der Waals surface area (Å²) in [6.45, 7) is 3.52. The predicted molar refractivity (Wildman–Crippen MR) is 68.3 cm³/mol. The molecule has 6 heteroatoms. The van der Waals surface area contributed by atoms with Crippen LogP contribution in [0.2, 0.25) is 0 Å². The molecule has 0 unspecified atom stereocenters. The van der Waals surface area contributed by atoms with Gasteiger partial charge in [0.2, 0.25) is 5.91 Å². The first-order valence-corrected chi connectivity index (χ1v) is 6.26. The lowest BCUT2D eigenvalue weighted by Gasteiger charge is -2.34. The zero-order chi connectivity index (χ0) is 13.7. The molecule has 0 aliphatic carbocycles. The van der Waals surface area contributed by atoms with Gasteiger partial charge >= 0.3 is 5.97 Å². The molecule has 0 aromatic carbocycles. The zero-order valence-electron chi connectivity index (χ0n) is 10.7. The number of rotatable bonds is 4. The standard InChI is InChI=1S/C13H17N3O3/c17-12(8-13(18)19)16-6-4-15(5-7-16)10-11-2-1-3-14-9-11/h1-3,9H,4-8,10H2,(H,18,19). The second-order valence-electron chi connectivity index (χ2n) is 4.59. The van der Waals surface area contributed by atoms with Gasteiger partial charge in [-0.1, -0.05) is 6.07 Å². The Hall–Kier alpha value is -1.95. The number of pyridine rings is 1. The first kappa shape index (κ1) is 13.5. The minimum Gasteiger partial charge on any atom is -0.481 e. The number of nitrogens with zero attached hydrogens (tertiary/aromatic N) is 3. The fourth-order valence-electron chi connectivity index (χ4n) is 2.15. The molecule has 1 aromatic heterocycles. The van der Waals surface area contributed by atoms with Crippen LogP contribution in [0.25, 0.3) is 0 Å². The van der Waals surface area contributed by atoms with Crippen LogP contribution in [0.1, 0.15) is 12.0 Å². The van der Waals surface area contributed by atoms with Crippen LogP contribution in [-0.4, -0.2) is 57.9 Å². The molecule has 0 atom stereocenters. The van der Waals surface area contributed by atoms with Crippen LogP contribution in [0.3, 0.4) is 0 Å². The van der Waals surface area contributed by atoms with Crippen molar-refractivity contribution >= 4 is 11.9 Å². The van der Waals surface area contributed by atoms with Gasteiger partial charge in [-0.05, 0) is 11.6 Å². The third kappa shape index (κ3) is 4.03. The Labute approximate surface area is 111 Å². The monoisotopic (exact) mass is 263 g/mol. The summed E-state index contributed by atoms with van der Waals surface area (Å²) in [4.78, 5) is 30.0. The largest absolute Gasteiger partial charge is 0.481 e. The van der Waals surface area contributed by atoms with E-state index in [0.717, 1.165) is 25.2 Å². The quantitative estimate of drug-likeness (QED) is 0.786. The molecule has 1 aliphatic rings. The van der Waals surface area contributed by atoms with Crippen molar-refractivity contribution < 1.29 is 14.7 Å². The van der Waals surface area contributed by atoms with E-state index in [9.17, 15) is 9.59 Å². The van der Waals surface area contributed by atoms with Crippen LogP contribution in [0, 0.1) is 0 Å².